The van der Waals surface area contributed by atoms with Crippen molar-refractivity contribution >= 4 is 34.7 Å². The van der Waals surface area contributed by atoms with Crippen LogP contribution >= 0.6 is 23.5 Å². The molecule has 0 bridgehead atoms. The van der Waals surface area contributed by atoms with E-state index >= 15 is 17.6 Å². The average Bonchev–Trinajstić information content (AvgIpc) is 3.34. The van der Waals surface area contributed by atoms with Gasteiger partial charge < -0.3 is 0 Å². The molecule has 2 atom stereocenters. The summed E-state index contributed by atoms with van der Waals surface area (Å²) < 4.78 is 86.6. The van der Waals surface area contributed by atoms with E-state index in [4.69, 9.17) is 0 Å². The molecule has 4 aliphatic rings. The normalized spacial score (nSPS) is 31.2. The molecule has 164 valence electrons. The minimum absolute atomic E-state index is 0.0186. The highest BCUT2D eigenvalue weighted by Gasteiger charge is 2.86. The highest BCUT2D eigenvalue weighted by Crippen LogP contribution is 2.77. The molecule has 2 aliphatic heterocycles. The number of hydrogen-bond acceptors (Lipinski definition) is 4. The van der Waals surface area contributed by atoms with Gasteiger partial charge in [-0.1, -0.05) is 59.9 Å². The highest BCUT2D eigenvalue weighted by atomic mass is 32.2. The first-order valence-electron chi connectivity index (χ1n) is 9.55. The van der Waals surface area contributed by atoms with Crippen LogP contribution in [0.25, 0.3) is 11.1 Å². The lowest BCUT2D eigenvalue weighted by Gasteiger charge is -2.42. The topological polar surface area (TPSA) is 47.6 Å². The third kappa shape index (κ3) is 1.91. The fourth-order valence-corrected chi connectivity index (χ4v) is 8.22. The number of nitrogens with zero attached hydrogens (tertiary/aromatic N) is 2. The zero-order valence-electron chi connectivity index (χ0n) is 16.1. The Morgan fingerprint density at radius 2 is 0.939 bits per heavy atom. The van der Waals surface area contributed by atoms with Crippen molar-refractivity contribution in [1.82, 2.24) is 0 Å². The Morgan fingerprint density at radius 3 is 1.30 bits per heavy atom. The van der Waals surface area contributed by atoms with Gasteiger partial charge in [-0.2, -0.15) is 36.9 Å². The van der Waals surface area contributed by atoms with Crippen molar-refractivity contribution in [2.45, 2.75) is 37.1 Å². The van der Waals surface area contributed by atoms with E-state index < -0.39 is 49.6 Å². The summed E-state index contributed by atoms with van der Waals surface area (Å²) >= 11 is 1.54. The standard InChI is InChI=1S/C23H8F6N2S2/c24-21(25)17-15-11-5-1-3-7-13(11)32-19(15,9-30)20(10-31)16(12-6-2-4-8-14(12)33-20)18(17)22(26,27)23(21,28)29/h1-8H. The van der Waals surface area contributed by atoms with Crippen LogP contribution in [0, 0.1) is 22.7 Å². The summed E-state index contributed by atoms with van der Waals surface area (Å²) in [6.07, 6.45) is 0. The quantitative estimate of drug-likeness (QED) is 0.393. The summed E-state index contributed by atoms with van der Waals surface area (Å²) in [7, 11) is 0. The monoisotopic (exact) mass is 490 g/mol. The lowest BCUT2D eigenvalue weighted by Crippen LogP contribution is -2.49. The van der Waals surface area contributed by atoms with Crippen LogP contribution in [-0.2, 0) is 0 Å². The molecule has 0 amide bonds. The molecule has 2 aromatic carbocycles. The van der Waals surface area contributed by atoms with Crippen molar-refractivity contribution in [1.29, 1.82) is 10.5 Å². The Labute approximate surface area is 191 Å². The fourth-order valence-electron chi connectivity index (χ4n) is 5.16. The SMILES string of the molecule is N#CC12Sc3ccccc3C1=C1C(=C3c4ccccc4SC32C#N)C(F)(F)C(F)(F)C1(F)F. The molecule has 0 aromatic heterocycles. The molecule has 1 saturated carbocycles. The molecule has 0 spiro atoms. The smallest absolute Gasteiger partial charge is 0.196 e. The molecule has 2 nitrogen and oxygen atoms in total. The summed E-state index contributed by atoms with van der Waals surface area (Å²) in [6, 6.07) is 15.5. The molecule has 33 heavy (non-hydrogen) atoms. The van der Waals surface area contributed by atoms with Crippen molar-refractivity contribution in [2.75, 3.05) is 0 Å². The first kappa shape index (κ1) is 20.8. The number of thioether (sulfide) groups is 2. The number of nitriles is 2. The lowest BCUT2D eigenvalue weighted by atomic mass is 9.68. The molecule has 2 unspecified atom stereocenters. The molecule has 2 heterocycles. The number of benzene rings is 2. The Balaban J connectivity index is 1.91. The van der Waals surface area contributed by atoms with Gasteiger partial charge >= 0.3 is 17.8 Å². The average molecular weight is 490 g/mol. The minimum Gasteiger partial charge on any atom is -0.196 e. The zero-order chi connectivity index (χ0) is 23.6. The van der Waals surface area contributed by atoms with Crippen molar-refractivity contribution in [2.24, 2.45) is 0 Å². The second-order valence-corrected chi connectivity index (χ2v) is 10.5. The second-order valence-electron chi connectivity index (χ2n) is 8.01. The Morgan fingerprint density at radius 1 is 0.576 bits per heavy atom. The molecule has 1 fully saturated rings. The zero-order valence-corrected chi connectivity index (χ0v) is 17.7. The number of hydrogen-bond donors (Lipinski definition) is 0. The Bertz CT molecular complexity index is 1340. The molecule has 2 aromatic rings. The van der Waals surface area contributed by atoms with Gasteiger partial charge in [0, 0.05) is 32.1 Å². The van der Waals surface area contributed by atoms with E-state index in [1.54, 1.807) is 12.1 Å². The summed E-state index contributed by atoms with van der Waals surface area (Å²) in [6.45, 7) is 0. The Kier molecular flexibility index (Phi) is 3.65. The second kappa shape index (κ2) is 5.81. The van der Waals surface area contributed by atoms with Gasteiger partial charge in [-0.05, 0) is 23.3 Å². The van der Waals surface area contributed by atoms with Crippen LogP contribution in [0.1, 0.15) is 11.1 Å². The van der Waals surface area contributed by atoms with E-state index in [9.17, 15) is 19.3 Å². The molecule has 0 radical (unpaired) electrons. The van der Waals surface area contributed by atoms with Gasteiger partial charge in [0.25, 0.3) is 0 Å². The van der Waals surface area contributed by atoms with Gasteiger partial charge in [-0.15, -0.1) is 0 Å². The van der Waals surface area contributed by atoms with Crippen LogP contribution in [-0.4, -0.2) is 27.3 Å². The minimum atomic E-state index is -5.75. The maximum Gasteiger partial charge on any atom is 0.380 e. The summed E-state index contributed by atoms with van der Waals surface area (Å²) in [5.41, 5.74) is -4.39. The van der Waals surface area contributed by atoms with Crippen LogP contribution in [0.15, 0.2) is 69.5 Å². The van der Waals surface area contributed by atoms with E-state index in [0.29, 0.717) is 0 Å². The van der Waals surface area contributed by atoms with E-state index in [2.05, 4.69) is 0 Å². The molecule has 0 saturated heterocycles. The Hall–Kier alpha value is -2.82. The summed E-state index contributed by atoms with van der Waals surface area (Å²) in [4.78, 5) is 0.560. The number of halogens is 6. The summed E-state index contributed by atoms with van der Waals surface area (Å²) in [5.74, 6) is -16.3. The van der Waals surface area contributed by atoms with E-state index in [1.807, 2.05) is 12.1 Å². The maximum atomic E-state index is 15.3. The maximum absolute atomic E-state index is 15.3. The predicted molar refractivity (Wildman–Crippen MR) is 110 cm³/mol. The van der Waals surface area contributed by atoms with Crippen LogP contribution in [0.5, 0.6) is 0 Å². The third-order valence-corrected chi connectivity index (χ3v) is 9.62. The van der Waals surface area contributed by atoms with E-state index in [-0.39, 0.29) is 20.9 Å². The van der Waals surface area contributed by atoms with Crippen molar-refractivity contribution in [3.63, 3.8) is 0 Å². The number of allylic oxidation sites excluding steroid dienone is 2. The number of rotatable bonds is 0. The molecule has 0 N–H and O–H groups in total. The molecule has 2 aliphatic carbocycles. The van der Waals surface area contributed by atoms with Gasteiger partial charge in [-0.25, -0.2) is 0 Å². The molecule has 10 heteroatoms. The number of alkyl halides is 6. The van der Waals surface area contributed by atoms with Gasteiger partial charge in [0.1, 0.15) is 0 Å². The predicted octanol–water partition coefficient (Wildman–Crippen LogP) is 6.56. The molecular formula is C23H8F6N2S2. The van der Waals surface area contributed by atoms with Gasteiger partial charge in [0.05, 0.1) is 12.1 Å². The van der Waals surface area contributed by atoms with Gasteiger partial charge in [0.15, 0.2) is 9.49 Å². The lowest BCUT2D eigenvalue weighted by molar-refractivity contribution is -0.257. The highest BCUT2D eigenvalue weighted by molar-refractivity contribution is 8.06. The van der Waals surface area contributed by atoms with Crippen LogP contribution in [0.2, 0.25) is 0 Å². The van der Waals surface area contributed by atoms with Crippen LogP contribution in [0.4, 0.5) is 26.3 Å². The van der Waals surface area contributed by atoms with Crippen LogP contribution in [0.3, 0.4) is 0 Å². The fraction of sp³-hybridized carbons (Fsp3) is 0.217. The van der Waals surface area contributed by atoms with Gasteiger partial charge in [-0.3, -0.25) is 0 Å². The first-order chi connectivity index (χ1) is 15.5. The van der Waals surface area contributed by atoms with E-state index in [0.717, 1.165) is 23.5 Å². The van der Waals surface area contributed by atoms with Crippen molar-refractivity contribution in [3.05, 3.63) is 70.8 Å². The van der Waals surface area contributed by atoms with Crippen molar-refractivity contribution in [3.8, 4) is 12.1 Å². The first-order valence-corrected chi connectivity index (χ1v) is 11.2. The van der Waals surface area contributed by atoms with Crippen molar-refractivity contribution < 1.29 is 26.3 Å². The number of fused-ring (bicyclic) bond motifs is 8. The van der Waals surface area contributed by atoms with Gasteiger partial charge in [0.2, 0.25) is 0 Å². The molecular weight excluding hydrogens is 482 g/mol. The third-order valence-electron chi connectivity index (χ3n) is 6.52. The molecule has 6 rings (SSSR count). The largest absolute Gasteiger partial charge is 0.380 e. The van der Waals surface area contributed by atoms with Crippen LogP contribution < -0.4 is 0 Å². The summed E-state index contributed by atoms with van der Waals surface area (Å²) in [5, 5.41) is 20.8. The van der Waals surface area contributed by atoms with E-state index in [1.165, 1.54) is 36.4 Å².